The van der Waals surface area contributed by atoms with Crippen LogP contribution in [0.25, 0.3) is 0 Å². The molecule has 0 saturated carbocycles. The summed E-state index contributed by atoms with van der Waals surface area (Å²) in [7, 11) is 2.02. The fourth-order valence-electron chi connectivity index (χ4n) is 2.60. The third kappa shape index (κ3) is 2.96. The predicted octanol–water partition coefficient (Wildman–Crippen LogP) is 3.79. The number of hydrogen-bond acceptors (Lipinski definition) is 2. The second kappa shape index (κ2) is 6.55. The summed E-state index contributed by atoms with van der Waals surface area (Å²) in [6.45, 7) is 7.23. The SMILES string of the molecule is CCn1nc(C)c(Br)c1CC(NC)c1ccccc1C. The van der Waals surface area contributed by atoms with Gasteiger partial charge in [0.25, 0.3) is 0 Å². The van der Waals surface area contributed by atoms with E-state index in [2.05, 4.69) is 69.1 Å². The molecule has 0 radical (unpaired) electrons. The Kier molecular flexibility index (Phi) is 5.00. The molecule has 0 bridgehead atoms. The first-order valence-electron chi connectivity index (χ1n) is 7.03. The van der Waals surface area contributed by atoms with E-state index in [1.54, 1.807) is 0 Å². The van der Waals surface area contributed by atoms with E-state index < -0.39 is 0 Å². The van der Waals surface area contributed by atoms with Gasteiger partial charge in [0, 0.05) is 19.0 Å². The van der Waals surface area contributed by atoms with E-state index in [9.17, 15) is 0 Å². The lowest BCUT2D eigenvalue weighted by Gasteiger charge is -2.19. The van der Waals surface area contributed by atoms with Gasteiger partial charge in [-0.15, -0.1) is 0 Å². The Morgan fingerprint density at radius 2 is 2.00 bits per heavy atom. The topological polar surface area (TPSA) is 29.9 Å². The van der Waals surface area contributed by atoms with Gasteiger partial charge in [-0.1, -0.05) is 24.3 Å². The second-order valence-electron chi connectivity index (χ2n) is 5.06. The van der Waals surface area contributed by atoms with Gasteiger partial charge in [0.2, 0.25) is 0 Å². The summed E-state index contributed by atoms with van der Waals surface area (Å²) in [5.41, 5.74) is 4.99. The fourth-order valence-corrected chi connectivity index (χ4v) is 3.05. The van der Waals surface area contributed by atoms with Gasteiger partial charge >= 0.3 is 0 Å². The Balaban J connectivity index is 2.34. The number of hydrogen-bond donors (Lipinski definition) is 1. The second-order valence-corrected chi connectivity index (χ2v) is 5.86. The van der Waals surface area contributed by atoms with E-state index in [1.165, 1.54) is 16.8 Å². The van der Waals surface area contributed by atoms with Crippen molar-refractivity contribution >= 4 is 15.9 Å². The fraction of sp³-hybridized carbons (Fsp3) is 0.438. The van der Waals surface area contributed by atoms with E-state index in [-0.39, 0.29) is 0 Å². The molecule has 1 aromatic heterocycles. The van der Waals surface area contributed by atoms with Crippen molar-refractivity contribution in [2.75, 3.05) is 7.05 Å². The monoisotopic (exact) mass is 335 g/mol. The Labute approximate surface area is 129 Å². The summed E-state index contributed by atoms with van der Waals surface area (Å²) in [4.78, 5) is 0. The normalized spacial score (nSPS) is 12.7. The maximum Gasteiger partial charge on any atom is 0.0738 e. The van der Waals surface area contributed by atoms with Crippen LogP contribution in [0.1, 0.15) is 35.5 Å². The molecule has 108 valence electrons. The van der Waals surface area contributed by atoms with Crippen LogP contribution in [0.15, 0.2) is 28.7 Å². The molecule has 2 rings (SSSR count). The maximum atomic E-state index is 4.57. The minimum atomic E-state index is 0.300. The summed E-state index contributed by atoms with van der Waals surface area (Å²) in [5, 5.41) is 8.01. The van der Waals surface area contributed by atoms with E-state index in [0.29, 0.717) is 6.04 Å². The van der Waals surface area contributed by atoms with Crippen LogP contribution in [-0.4, -0.2) is 16.8 Å². The molecule has 20 heavy (non-hydrogen) atoms. The first-order valence-corrected chi connectivity index (χ1v) is 7.82. The van der Waals surface area contributed by atoms with Crippen molar-refractivity contribution in [2.24, 2.45) is 0 Å². The molecule has 4 heteroatoms. The summed E-state index contributed by atoms with van der Waals surface area (Å²) in [5.74, 6) is 0. The summed E-state index contributed by atoms with van der Waals surface area (Å²) in [6.07, 6.45) is 0.927. The zero-order chi connectivity index (χ0) is 14.7. The van der Waals surface area contributed by atoms with Gasteiger partial charge in [-0.05, 0) is 54.9 Å². The zero-order valence-electron chi connectivity index (χ0n) is 12.6. The Morgan fingerprint density at radius 1 is 1.30 bits per heavy atom. The molecule has 0 amide bonds. The van der Waals surface area contributed by atoms with Gasteiger partial charge in [0.15, 0.2) is 0 Å². The maximum absolute atomic E-state index is 4.57. The zero-order valence-corrected chi connectivity index (χ0v) is 14.2. The highest BCUT2D eigenvalue weighted by Crippen LogP contribution is 2.27. The third-order valence-corrected chi connectivity index (χ3v) is 4.79. The van der Waals surface area contributed by atoms with E-state index in [0.717, 1.165) is 23.1 Å². The first-order chi connectivity index (χ1) is 9.58. The van der Waals surface area contributed by atoms with Crippen LogP contribution in [0.4, 0.5) is 0 Å². The van der Waals surface area contributed by atoms with Crippen molar-refractivity contribution in [2.45, 2.75) is 39.8 Å². The van der Waals surface area contributed by atoms with Gasteiger partial charge in [-0.25, -0.2) is 0 Å². The molecule has 0 saturated heterocycles. The highest BCUT2D eigenvalue weighted by Gasteiger charge is 2.18. The van der Waals surface area contributed by atoms with Gasteiger partial charge in [0.1, 0.15) is 0 Å². The van der Waals surface area contributed by atoms with Crippen LogP contribution in [0.5, 0.6) is 0 Å². The highest BCUT2D eigenvalue weighted by molar-refractivity contribution is 9.10. The molecule has 2 aromatic rings. The third-order valence-electron chi connectivity index (χ3n) is 3.76. The number of benzene rings is 1. The number of nitrogens with zero attached hydrogens (tertiary/aromatic N) is 2. The Hall–Kier alpha value is -1.13. The van der Waals surface area contributed by atoms with Crippen LogP contribution >= 0.6 is 15.9 Å². The molecule has 3 nitrogen and oxygen atoms in total. The van der Waals surface area contributed by atoms with Crippen LogP contribution in [-0.2, 0) is 13.0 Å². The number of aryl methyl sites for hydroxylation is 3. The molecule has 0 aliphatic rings. The Morgan fingerprint density at radius 3 is 2.60 bits per heavy atom. The lowest BCUT2D eigenvalue weighted by molar-refractivity contribution is 0.538. The number of nitrogens with one attached hydrogen (secondary N) is 1. The molecule has 1 unspecified atom stereocenters. The summed E-state index contributed by atoms with van der Waals surface area (Å²) in [6, 6.07) is 8.85. The molecular weight excluding hydrogens is 314 g/mol. The van der Waals surface area contributed by atoms with Crippen LogP contribution in [0.2, 0.25) is 0 Å². The average Bonchev–Trinajstić information content (AvgIpc) is 2.73. The minimum Gasteiger partial charge on any atom is -0.313 e. The number of rotatable bonds is 5. The quantitative estimate of drug-likeness (QED) is 0.900. The molecule has 0 aliphatic carbocycles. The predicted molar refractivity (Wildman–Crippen MR) is 87.0 cm³/mol. The van der Waals surface area contributed by atoms with E-state index in [1.807, 2.05) is 14.0 Å². The largest absolute Gasteiger partial charge is 0.313 e. The van der Waals surface area contributed by atoms with E-state index >= 15 is 0 Å². The van der Waals surface area contributed by atoms with Gasteiger partial charge < -0.3 is 5.32 Å². The number of likely N-dealkylation sites (N-methyl/N-ethyl adjacent to an activating group) is 1. The molecule has 1 aromatic carbocycles. The van der Waals surface area contributed by atoms with Crippen molar-refractivity contribution < 1.29 is 0 Å². The van der Waals surface area contributed by atoms with Crippen LogP contribution in [0, 0.1) is 13.8 Å². The number of aromatic nitrogens is 2. The number of halogens is 1. The molecule has 0 fully saturated rings. The molecule has 0 aliphatic heterocycles. The molecule has 1 atom stereocenters. The lowest BCUT2D eigenvalue weighted by Crippen LogP contribution is -2.21. The van der Waals surface area contributed by atoms with Gasteiger partial charge in [-0.2, -0.15) is 5.10 Å². The summed E-state index contributed by atoms with van der Waals surface area (Å²) >= 11 is 3.68. The average molecular weight is 336 g/mol. The molecular formula is C16H22BrN3. The minimum absolute atomic E-state index is 0.300. The standard InChI is InChI=1S/C16H22BrN3/c1-5-20-15(16(17)12(3)19-20)10-14(18-4)13-9-7-6-8-11(13)2/h6-9,14,18H,5,10H2,1-4H3. The van der Waals surface area contributed by atoms with Crippen molar-refractivity contribution in [3.05, 3.63) is 51.3 Å². The van der Waals surface area contributed by atoms with Gasteiger partial charge in [-0.3, -0.25) is 4.68 Å². The van der Waals surface area contributed by atoms with Crippen LogP contribution in [0.3, 0.4) is 0 Å². The summed E-state index contributed by atoms with van der Waals surface area (Å²) < 4.78 is 3.22. The van der Waals surface area contributed by atoms with Crippen molar-refractivity contribution in [3.8, 4) is 0 Å². The van der Waals surface area contributed by atoms with Crippen molar-refractivity contribution in [1.29, 1.82) is 0 Å². The Bertz CT molecular complexity index is 589. The van der Waals surface area contributed by atoms with Crippen molar-refractivity contribution in [3.63, 3.8) is 0 Å². The van der Waals surface area contributed by atoms with Gasteiger partial charge in [0.05, 0.1) is 15.9 Å². The van der Waals surface area contributed by atoms with Crippen molar-refractivity contribution in [1.82, 2.24) is 15.1 Å². The molecule has 1 N–H and O–H groups in total. The molecule has 0 spiro atoms. The lowest BCUT2D eigenvalue weighted by atomic mass is 9.97. The first kappa shape index (κ1) is 15.3. The smallest absolute Gasteiger partial charge is 0.0738 e. The van der Waals surface area contributed by atoms with Crippen LogP contribution < -0.4 is 5.32 Å². The molecule has 1 heterocycles. The highest BCUT2D eigenvalue weighted by atomic mass is 79.9. The van der Waals surface area contributed by atoms with E-state index in [4.69, 9.17) is 0 Å².